The SMILES string of the molecule is COc1ccc(C(=O)N2CCCC(C(=O)O)C2)c(F)c1. The number of likely N-dealkylation sites (tertiary alicyclic amines) is 1. The maximum atomic E-state index is 13.9. The van der Waals surface area contributed by atoms with Gasteiger partial charge < -0.3 is 14.7 Å². The molecule has 1 aromatic carbocycles. The third-order valence-corrected chi connectivity index (χ3v) is 3.46. The number of benzene rings is 1. The Morgan fingerprint density at radius 3 is 2.80 bits per heavy atom. The molecular formula is C14H16FNO4. The van der Waals surface area contributed by atoms with Crippen molar-refractivity contribution in [2.24, 2.45) is 5.92 Å². The monoisotopic (exact) mass is 281 g/mol. The molecule has 2 rings (SSSR count). The standard InChI is InChI=1S/C14H16FNO4/c1-20-10-4-5-11(12(15)7-10)13(17)16-6-2-3-9(8-16)14(18)19/h4-5,7,9H,2-3,6,8H2,1H3,(H,18,19). The lowest BCUT2D eigenvalue weighted by Crippen LogP contribution is -2.42. The second kappa shape index (κ2) is 5.90. The summed E-state index contributed by atoms with van der Waals surface area (Å²) in [6.07, 6.45) is 1.16. The molecule has 0 aliphatic carbocycles. The fraction of sp³-hybridized carbons (Fsp3) is 0.429. The Morgan fingerprint density at radius 2 is 2.20 bits per heavy atom. The predicted molar refractivity (Wildman–Crippen MR) is 69.2 cm³/mol. The number of halogens is 1. The van der Waals surface area contributed by atoms with Crippen LogP contribution in [0.25, 0.3) is 0 Å². The molecule has 108 valence electrons. The van der Waals surface area contributed by atoms with Gasteiger partial charge in [-0.05, 0) is 25.0 Å². The normalized spacial score (nSPS) is 18.7. The fourth-order valence-electron chi connectivity index (χ4n) is 2.33. The maximum Gasteiger partial charge on any atom is 0.308 e. The summed E-state index contributed by atoms with van der Waals surface area (Å²) in [5.74, 6) is -2.30. The van der Waals surface area contributed by atoms with E-state index in [0.717, 1.165) is 6.07 Å². The predicted octanol–water partition coefficient (Wildman–Crippen LogP) is 1.77. The lowest BCUT2D eigenvalue weighted by atomic mass is 9.97. The molecule has 20 heavy (non-hydrogen) atoms. The van der Waals surface area contributed by atoms with Gasteiger partial charge in [0.15, 0.2) is 0 Å². The van der Waals surface area contributed by atoms with Gasteiger partial charge in [-0.1, -0.05) is 0 Å². The van der Waals surface area contributed by atoms with Crippen molar-refractivity contribution in [1.82, 2.24) is 4.90 Å². The van der Waals surface area contributed by atoms with E-state index in [4.69, 9.17) is 9.84 Å². The molecule has 0 spiro atoms. The third-order valence-electron chi connectivity index (χ3n) is 3.46. The van der Waals surface area contributed by atoms with E-state index in [2.05, 4.69) is 0 Å². The molecule has 1 aliphatic rings. The molecule has 0 bridgehead atoms. The summed E-state index contributed by atoms with van der Waals surface area (Å²) in [4.78, 5) is 24.6. The van der Waals surface area contributed by atoms with Gasteiger partial charge in [0.2, 0.25) is 0 Å². The largest absolute Gasteiger partial charge is 0.497 e. The van der Waals surface area contributed by atoms with Gasteiger partial charge in [-0.15, -0.1) is 0 Å². The summed E-state index contributed by atoms with van der Waals surface area (Å²) in [7, 11) is 1.42. The highest BCUT2D eigenvalue weighted by molar-refractivity contribution is 5.95. The molecule has 0 aromatic heterocycles. The van der Waals surface area contributed by atoms with Crippen molar-refractivity contribution >= 4 is 11.9 Å². The average Bonchev–Trinajstić information content (AvgIpc) is 2.46. The number of nitrogens with zero attached hydrogens (tertiary/aromatic N) is 1. The molecule has 1 heterocycles. The Kier molecular flexibility index (Phi) is 4.22. The van der Waals surface area contributed by atoms with E-state index in [-0.39, 0.29) is 12.1 Å². The van der Waals surface area contributed by atoms with Crippen molar-refractivity contribution in [3.8, 4) is 5.75 Å². The first-order valence-corrected chi connectivity index (χ1v) is 6.38. The number of hydrogen-bond donors (Lipinski definition) is 1. The molecule has 1 aliphatic heterocycles. The number of hydrogen-bond acceptors (Lipinski definition) is 3. The van der Waals surface area contributed by atoms with Crippen LogP contribution >= 0.6 is 0 Å². The van der Waals surface area contributed by atoms with Crippen LogP contribution in [0.4, 0.5) is 4.39 Å². The molecule has 1 atom stereocenters. The second-order valence-corrected chi connectivity index (χ2v) is 4.77. The number of ether oxygens (including phenoxy) is 1. The van der Waals surface area contributed by atoms with E-state index < -0.39 is 23.6 Å². The van der Waals surface area contributed by atoms with Crippen molar-refractivity contribution in [2.75, 3.05) is 20.2 Å². The lowest BCUT2D eigenvalue weighted by Gasteiger charge is -2.30. The highest BCUT2D eigenvalue weighted by Crippen LogP contribution is 2.22. The number of carboxylic acid groups (broad SMARTS) is 1. The Hall–Kier alpha value is -2.11. The van der Waals surface area contributed by atoms with Crippen LogP contribution in [-0.4, -0.2) is 42.1 Å². The Balaban J connectivity index is 2.16. The number of carbonyl (C=O) groups excluding carboxylic acids is 1. The van der Waals surface area contributed by atoms with Crippen LogP contribution in [0, 0.1) is 11.7 Å². The van der Waals surface area contributed by atoms with Crippen LogP contribution in [0.3, 0.4) is 0 Å². The van der Waals surface area contributed by atoms with Gasteiger partial charge in [0.05, 0.1) is 18.6 Å². The van der Waals surface area contributed by atoms with Crippen LogP contribution in [0.2, 0.25) is 0 Å². The number of carbonyl (C=O) groups is 2. The first-order chi connectivity index (χ1) is 9.52. The third kappa shape index (κ3) is 2.89. The smallest absolute Gasteiger partial charge is 0.308 e. The van der Waals surface area contributed by atoms with E-state index in [1.54, 1.807) is 0 Å². The molecule has 5 nitrogen and oxygen atoms in total. The Bertz CT molecular complexity index is 532. The van der Waals surface area contributed by atoms with Crippen molar-refractivity contribution in [1.29, 1.82) is 0 Å². The summed E-state index contributed by atoms with van der Waals surface area (Å²) in [6, 6.07) is 4.02. The average molecular weight is 281 g/mol. The number of rotatable bonds is 3. The number of aliphatic carboxylic acids is 1. The summed E-state index contributed by atoms with van der Waals surface area (Å²) in [5.41, 5.74) is -0.0585. The van der Waals surface area contributed by atoms with Gasteiger partial charge in [-0.2, -0.15) is 0 Å². The molecule has 1 unspecified atom stereocenters. The highest BCUT2D eigenvalue weighted by Gasteiger charge is 2.29. The number of carboxylic acids is 1. The van der Waals surface area contributed by atoms with E-state index in [9.17, 15) is 14.0 Å². The molecule has 0 saturated carbocycles. The minimum atomic E-state index is -0.919. The molecule has 1 fully saturated rings. The summed E-state index contributed by atoms with van der Waals surface area (Å²) < 4.78 is 18.7. The molecule has 6 heteroatoms. The number of piperidine rings is 1. The van der Waals surface area contributed by atoms with Crippen LogP contribution in [0.5, 0.6) is 5.75 Å². The summed E-state index contributed by atoms with van der Waals surface area (Å²) in [5, 5.41) is 9.00. The molecular weight excluding hydrogens is 265 g/mol. The molecule has 1 saturated heterocycles. The summed E-state index contributed by atoms with van der Waals surface area (Å²) in [6.45, 7) is 0.577. The number of amides is 1. The van der Waals surface area contributed by atoms with Gasteiger partial charge in [0.1, 0.15) is 11.6 Å². The van der Waals surface area contributed by atoms with Crippen molar-refractivity contribution in [3.05, 3.63) is 29.6 Å². The zero-order chi connectivity index (χ0) is 14.7. The van der Waals surface area contributed by atoms with Crippen molar-refractivity contribution in [3.63, 3.8) is 0 Å². The Morgan fingerprint density at radius 1 is 1.45 bits per heavy atom. The molecule has 0 radical (unpaired) electrons. The minimum Gasteiger partial charge on any atom is -0.497 e. The Labute approximate surface area is 116 Å². The van der Waals surface area contributed by atoms with E-state index in [0.29, 0.717) is 25.1 Å². The molecule has 1 aromatic rings. The van der Waals surface area contributed by atoms with Crippen LogP contribution < -0.4 is 4.74 Å². The van der Waals surface area contributed by atoms with Gasteiger partial charge in [-0.25, -0.2) is 4.39 Å². The lowest BCUT2D eigenvalue weighted by molar-refractivity contribution is -0.143. The van der Waals surface area contributed by atoms with Crippen LogP contribution in [-0.2, 0) is 4.79 Å². The van der Waals surface area contributed by atoms with E-state index in [1.807, 2.05) is 0 Å². The van der Waals surface area contributed by atoms with Gasteiger partial charge in [0.25, 0.3) is 5.91 Å². The van der Waals surface area contributed by atoms with Crippen LogP contribution in [0.15, 0.2) is 18.2 Å². The zero-order valence-electron chi connectivity index (χ0n) is 11.1. The highest BCUT2D eigenvalue weighted by atomic mass is 19.1. The molecule has 1 amide bonds. The zero-order valence-corrected chi connectivity index (χ0v) is 11.1. The van der Waals surface area contributed by atoms with Gasteiger partial charge in [0, 0.05) is 19.2 Å². The van der Waals surface area contributed by atoms with E-state index >= 15 is 0 Å². The summed E-state index contributed by atoms with van der Waals surface area (Å²) >= 11 is 0. The maximum absolute atomic E-state index is 13.9. The fourth-order valence-corrected chi connectivity index (χ4v) is 2.33. The number of methoxy groups -OCH3 is 1. The quantitative estimate of drug-likeness (QED) is 0.917. The first kappa shape index (κ1) is 14.3. The molecule has 1 N–H and O–H groups in total. The second-order valence-electron chi connectivity index (χ2n) is 4.77. The van der Waals surface area contributed by atoms with Crippen molar-refractivity contribution in [2.45, 2.75) is 12.8 Å². The van der Waals surface area contributed by atoms with Gasteiger partial charge in [-0.3, -0.25) is 9.59 Å². The van der Waals surface area contributed by atoms with Crippen LogP contribution in [0.1, 0.15) is 23.2 Å². The van der Waals surface area contributed by atoms with Crippen molar-refractivity contribution < 1.29 is 23.8 Å². The topological polar surface area (TPSA) is 66.8 Å². The van der Waals surface area contributed by atoms with E-state index in [1.165, 1.54) is 24.1 Å². The first-order valence-electron chi connectivity index (χ1n) is 6.38. The minimum absolute atomic E-state index is 0.0585. The van der Waals surface area contributed by atoms with Gasteiger partial charge >= 0.3 is 5.97 Å².